The second kappa shape index (κ2) is 7.99. The van der Waals surface area contributed by atoms with E-state index in [0.29, 0.717) is 17.8 Å². The van der Waals surface area contributed by atoms with Crippen LogP contribution in [0.15, 0.2) is 16.4 Å². The number of allylic oxidation sites excluding steroid dienone is 2. The van der Waals surface area contributed by atoms with Gasteiger partial charge in [-0.15, -0.1) is 0 Å². The molecule has 0 saturated carbocycles. The fourth-order valence-electron chi connectivity index (χ4n) is 5.07. The maximum Gasteiger partial charge on any atom is 0.255 e. The van der Waals surface area contributed by atoms with Crippen LogP contribution in [-0.2, 0) is 17.7 Å². The van der Waals surface area contributed by atoms with Crippen molar-refractivity contribution < 1.29 is 4.74 Å². The molecule has 2 aliphatic heterocycles. The smallest absolute Gasteiger partial charge is 0.255 e. The highest BCUT2D eigenvalue weighted by Gasteiger charge is 2.29. The lowest BCUT2D eigenvalue weighted by Crippen LogP contribution is -2.47. The van der Waals surface area contributed by atoms with E-state index in [-0.39, 0.29) is 17.8 Å². The first kappa shape index (κ1) is 19.6. The first-order valence-electron chi connectivity index (χ1n) is 10.8. The third kappa shape index (κ3) is 4.18. The molecule has 1 aliphatic carbocycles. The van der Waals surface area contributed by atoms with Gasteiger partial charge in [0.2, 0.25) is 5.95 Å². The van der Waals surface area contributed by atoms with Gasteiger partial charge in [0.25, 0.3) is 5.56 Å². The first-order chi connectivity index (χ1) is 13.4. The van der Waals surface area contributed by atoms with Gasteiger partial charge in [0, 0.05) is 38.3 Å². The minimum atomic E-state index is 0.0380. The molecule has 0 amide bonds. The fraction of sp³-hybridized carbons (Fsp3) is 0.727. The molecule has 1 fully saturated rings. The Kier molecular flexibility index (Phi) is 5.61. The van der Waals surface area contributed by atoms with Gasteiger partial charge in [-0.05, 0) is 51.9 Å². The summed E-state index contributed by atoms with van der Waals surface area (Å²) in [5.41, 5.74) is 3.41. The van der Waals surface area contributed by atoms with E-state index in [1.54, 1.807) is 0 Å². The number of nitrogens with one attached hydrogen (secondary N) is 1. The molecule has 28 heavy (non-hydrogen) atoms. The maximum absolute atomic E-state index is 12.7. The average molecular weight is 387 g/mol. The molecule has 0 aromatic carbocycles. The van der Waals surface area contributed by atoms with E-state index < -0.39 is 0 Å². The average Bonchev–Trinajstić information content (AvgIpc) is 2.63. The van der Waals surface area contributed by atoms with E-state index in [0.717, 1.165) is 50.4 Å². The quantitative estimate of drug-likeness (QED) is 0.810. The SMILES string of the molecule is CC1=C[C@H](C)[C@H](CN2CCc3c(nc(N4C[C@H](C)O[C@@H](C)C4)[nH]c3=O)C2)CC1. The van der Waals surface area contributed by atoms with E-state index >= 15 is 0 Å². The first-order valence-corrected chi connectivity index (χ1v) is 10.8. The number of fused-ring (bicyclic) bond motifs is 1. The summed E-state index contributed by atoms with van der Waals surface area (Å²) in [6, 6.07) is 0. The number of nitrogens with zero attached hydrogens (tertiary/aromatic N) is 3. The van der Waals surface area contributed by atoms with Crippen LogP contribution in [0.25, 0.3) is 0 Å². The molecule has 154 valence electrons. The molecule has 0 unspecified atom stereocenters. The van der Waals surface area contributed by atoms with Crippen molar-refractivity contribution in [1.82, 2.24) is 14.9 Å². The van der Waals surface area contributed by atoms with Gasteiger partial charge in [-0.25, -0.2) is 4.98 Å². The monoisotopic (exact) mass is 386 g/mol. The van der Waals surface area contributed by atoms with E-state index in [1.807, 2.05) is 0 Å². The van der Waals surface area contributed by atoms with Crippen LogP contribution in [0.2, 0.25) is 0 Å². The molecule has 1 N–H and O–H groups in total. The molecule has 6 nitrogen and oxygen atoms in total. The van der Waals surface area contributed by atoms with E-state index in [4.69, 9.17) is 9.72 Å². The molecule has 0 radical (unpaired) electrons. The highest BCUT2D eigenvalue weighted by atomic mass is 16.5. The number of hydrogen-bond acceptors (Lipinski definition) is 5. The van der Waals surface area contributed by atoms with Gasteiger partial charge in [0.05, 0.1) is 17.9 Å². The maximum atomic E-state index is 12.7. The summed E-state index contributed by atoms with van der Waals surface area (Å²) >= 11 is 0. The van der Waals surface area contributed by atoms with Crippen molar-refractivity contribution in [2.45, 2.75) is 65.7 Å². The van der Waals surface area contributed by atoms with Crippen molar-refractivity contribution >= 4 is 5.95 Å². The van der Waals surface area contributed by atoms with Gasteiger partial charge >= 0.3 is 0 Å². The third-order valence-electron chi connectivity index (χ3n) is 6.55. The van der Waals surface area contributed by atoms with Gasteiger partial charge in [0.15, 0.2) is 0 Å². The number of aromatic nitrogens is 2. The Hall–Kier alpha value is -1.66. The topological polar surface area (TPSA) is 61.5 Å². The molecule has 3 aliphatic rings. The second-order valence-electron chi connectivity index (χ2n) is 9.13. The predicted molar refractivity (Wildman–Crippen MR) is 112 cm³/mol. The minimum absolute atomic E-state index is 0.0380. The molecule has 1 aromatic rings. The summed E-state index contributed by atoms with van der Waals surface area (Å²) in [5.74, 6) is 2.04. The number of H-pyrrole nitrogens is 1. The molecule has 0 spiro atoms. The molecule has 0 bridgehead atoms. The van der Waals surface area contributed by atoms with E-state index in [1.165, 1.54) is 18.4 Å². The van der Waals surface area contributed by atoms with Crippen LogP contribution < -0.4 is 10.5 Å². The predicted octanol–water partition coefficient (Wildman–Crippen LogP) is 2.73. The highest BCUT2D eigenvalue weighted by Crippen LogP contribution is 2.30. The van der Waals surface area contributed by atoms with Crippen molar-refractivity contribution in [1.29, 1.82) is 0 Å². The molecule has 4 atom stereocenters. The Morgan fingerprint density at radius 2 is 1.96 bits per heavy atom. The van der Waals surface area contributed by atoms with Crippen LogP contribution in [0, 0.1) is 11.8 Å². The number of ether oxygens (including phenoxy) is 1. The van der Waals surface area contributed by atoms with E-state index in [2.05, 4.69) is 48.6 Å². The van der Waals surface area contributed by atoms with Crippen molar-refractivity contribution in [3.05, 3.63) is 33.3 Å². The van der Waals surface area contributed by atoms with Crippen molar-refractivity contribution in [3.63, 3.8) is 0 Å². The van der Waals surface area contributed by atoms with Crippen LogP contribution in [0.1, 0.15) is 51.8 Å². The Bertz CT molecular complexity index is 792. The lowest BCUT2D eigenvalue weighted by molar-refractivity contribution is -0.00576. The fourth-order valence-corrected chi connectivity index (χ4v) is 5.07. The normalized spacial score (nSPS) is 31.4. The molecule has 6 heteroatoms. The van der Waals surface area contributed by atoms with Crippen LogP contribution in [-0.4, -0.2) is 53.3 Å². The number of rotatable bonds is 3. The van der Waals surface area contributed by atoms with Gasteiger partial charge in [-0.1, -0.05) is 18.6 Å². The van der Waals surface area contributed by atoms with Gasteiger partial charge in [-0.2, -0.15) is 0 Å². The summed E-state index contributed by atoms with van der Waals surface area (Å²) < 4.78 is 5.83. The van der Waals surface area contributed by atoms with Gasteiger partial charge < -0.3 is 9.64 Å². The summed E-state index contributed by atoms with van der Waals surface area (Å²) in [5, 5.41) is 0. The van der Waals surface area contributed by atoms with Crippen LogP contribution in [0.3, 0.4) is 0 Å². The lowest BCUT2D eigenvalue weighted by atomic mass is 9.81. The standard InChI is InChI=1S/C22H34N4O2/c1-14-5-6-18(15(2)9-14)12-25-8-7-19-20(13-25)23-22(24-21(19)27)26-10-16(3)28-17(4)11-26/h9,15-18H,5-8,10-13H2,1-4H3,(H,23,24,27)/t15-,16-,17-,18-/m0/s1. The molecule has 3 heterocycles. The van der Waals surface area contributed by atoms with Gasteiger partial charge in [-0.3, -0.25) is 14.7 Å². The zero-order valence-corrected chi connectivity index (χ0v) is 17.7. The number of morpholine rings is 1. The molecule has 4 rings (SSSR count). The third-order valence-corrected chi connectivity index (χ3v) is 6.55. The number of hydrogen-bond donors (Lipinski definition) is 1. The largest absolute Gasteiger partial charge is 0.372 e. The minimum Gasteiger partial charge on any atom is -0.372 e. The Balaban J connectivity index is 1.50. The van der Waals surface area contributed by atoms with Crippen molar-refractivity contribution in [3.8, 4) is 0 Å². The van der Waals surface area contributed by atoms with E-state index in [9.17, 15) is 4.79 Å². The number of anilines is 1. The van der Waals surface area contributed by atoms with Crippen LogP contribution in [0.4, 0.5) is 5.95 Å². The highest BCUT2D eigenvalue weighted by molar-refractivity contribution is 5.35. The number of aromatic amines is 1. The summed E-state index contributed by atoms with van der Waals surface area (Å²) in [7, 11) is 0. The Labute approximate surface area is 168 Å². The van der Waals surface area contributed by atoms with Crippen molar-refractivity contribution in [2.24, 2.45) is 11.8 Å². The Morgan fingerprint density at radius 3 is 2.68 bits per heavy atom. The lowest BCUT2D eigenvalue weighted by Gasteiger charge is -2.37. The molecule has 1 aromatic heterocycles. The summed E-state index contributed by atoms with van der Waals surface area (Å²) in [6.07, 6.45) is 6.01. The zero-order valence-electron chi connectivity index (χ0n) is 17.7. The van der Waals surface area contributed by atoms with Crippen molar-refractivity contribution in [2.75, 3.05) is 31.1 Å². The Morgan fingerprint density at radius 1 is 1.21 bits per heavy atom. The second-order valence-corrected chi connectivity index (χ2v) is 9.13. The van der Waals surface area contributed by atoms with Crippen LogP contribution >= 0.6 is 0 Å². The molecular weight excluding hydrogens is 352 g/mol. The van der Waals surface area contributed by atoms with Gasteiger partial charge in [0.1, 0.15) is 0 Å². The molecule has 1 saturated heterocycles. The summed E-state index contributed by atoms with van der Waals surface area (Å²) in [4.78, 5) is 25.3. The summed E-state index contributed by atoms with van der Waals surface area (Å²) in [6.45, 7) is 13.1. The molecular formula is C22H34N4O2. The van der Waals surface area contributed by atoms with Crippen LogP contribution in [0.5, 0.6) is 0 Å². The zero-order chi connectivity index (χ0) is 19.8.